The minimum absolute atomic E-state index is 0.00506. The molecule has 3 aliphatic rings. The smallest absolute Gasteiger partial charge is 0.197 e. The third-order valence-corrected chi connectivity index (χ3v) is 17.3. The Morgan fingerprint density at radius 3 is 1.79 bits per heavy atom. The van der Waals surface area contributed by atoms with E-state index >= 15 is 0 Å². The molecule has 2 heterocycles. The molecule has 3 nitrogen and oxygen atoms in total. The second-order valence-electron chi connectivity index (χ2n) is 23.9. The van der Waals surface area contributed by atoms with E-state index in [0.29, 0.717) is 0 Å². The zero-order chi connectivity index (χ0) is 48.8. The number of hydrogen-bond acceptors (Lipinski definition) is 2. The fraction of sp³-hybridized carbons (Fsp3) is 0.254. The number of aryl methyl sites for hydroxylation is 1. The molecule has 1 aromatic heterocycles. The van der Waals surface area contributed by atoms with Crippen molar-refractivity contribution in [3.05, 3.63) is 192 Å². The van der Waals surface area contributed by atoms with Crippen LogP contribution >= 0.6 is 0 Å². The Morgan fingerprint density at radius 1 is 0.493 bits per heavy atom. The Morgan fingerprint density at radius 2 is 1.08 bits per heavy atom. The van der Waals surface area contributed by atoms with Crippen LogP contribution in [0.1, 0.15) is 109 Å². The fourth-order valence-electron chi connectivity index (χ4n) is 12.9. The van der Waals surface area contributed by atoms with Gasteiger partial charge >= 0.3 is 0 Å². The molecule has 0 saturated carbocycles. The molecule has 349 valence electrons. The first kappa shape index (κ1) is 43.9. The van der Waals surface area contributed by atoms with Gasteiger partial charge in [0.15, 0.2) is 7.28 Å². The van der Waals surface area contributed by atoms with Gasteiger partial charge in [-0.1, -0.05) is 163 Å². The molecule has 0 fully saturated rings. The Hall–Kier alpha value is -7.04. The highest BCUT2D eigenvalue weighted by Gasteiger charge is 2.41. The van der Waals surface area contributed by atoms with E-state index in [9.17, 15) is 0 Å². The normalized spacial score (nSPS) is 16.9. The van der Waals surface area contributed by atoms with E-state index in [4.69, 9.17) is 0 Å². The monoisotopic (exact) mass is 921 g/mol. The van der Waals surface area contributed by atoms with Crippen molar-refractivity contribution in [3.63, 3.8) is 0 Å². The summed E-state index contributed by atoms with van der Waals surface area (Å²) in [6, 6.07) is 62.4. The highest BCUT2D eigenvalue weighted by atomic mass is 15.1. The molecule has 0 amide bonds. The molecular weight excluding hydrogens is 858 g/mol. The van der Waals surface area contributed by atoms with Crippen molar-refractivity contribution >= 4 is 90.0 Å². The van der Waals surface area contributed by atoms with Crippen molar-refractivity contribution in [2.45, 2.75) is 110 Å². The molecule has 0 saturated heterocycles. The third kappa shape index (κ3) is 6.84. The van der Waals surface area contributed by atoms with Crippen LogP contribution in [0.4, 0.5) is 28.4 Å². The van der Waals surface area contributed by atoms with E-state index in [2.05, 4.69) is 248 Å². The van der Waals surface area contributed by atoms with Crippen LogP contribution in [0.15, 0.2) is 164 Å². The average Bonchev–Trinajstić information content (AvgIpc) is 3.72. The number of benzene rings is 9. The summed E-state index contributed by atoms with van der Waals surface area (Å²) in [5, 5.41) is 11.6. The zero-order valence-corrected chi connectivity index (χ0v) is 42.9. The number of fused-ring (bicyclic) bond motifs is 10. The minimum Gasteiger partial charge on any atom is -0.355 e. The second-order valence-corrected chi connectivity index (χ2v) is 23.9. The summed E-state index contributed by atoms with van der Waals surface area (Å²) in [6.45, 7) is 21.8. The fourth-order valence-corrected chi connectivity index (χ4v) is 12.9. The number of aromatic nitrogens is 1. The molecule has 1 N–H and O–H groups in total. The third-order valence-electron chi connectivity index (χ3n) is 17.3. The Labute approximate surface area is 420 Å². The lowest BCUT2D eigenvalue weighted by Crippen LogP contribution is -2.41. The molecule has 0 spiro atoms. The summed E-state index contributed by atoms with van der Waals surface area (Å²) in [5.74, 6) is 0. The van der Waals surface area contributed by atoms with Crippen LogP contribution < -0.4 is 21.1 Å². The van der Waals surface area contributed by atoms with Crippen molar-refractivity contribution < 1.29 is 0 Å². The van der Waals surface area contributed by atoms with E-state index in [1.165, 1.54) is 105 Å². The predicted molar refractivity (Wildman–Crippen MR) is 306 cm³/mol. The number of nitrogens with zero attached hydrogens (tertiary/aromatic N) is 2. The first-order valence-corrected chi connectivity index (χ1v) is 26.0. The molecule has 0 atom stereocenters. The van der Waals surface area contributed by atoms with Crippen LogP contribution in [0, 0.1) is 6.92 Å². The number of hydrogen-bond donors (Lipinski definition) is 1. The second kappa shape index (κ2) is 15.5. The molecule has 1 aliphatic heterocycles. The summed E-state index contributed by atoms with van der Waals surface area (Å²) in [6.07, 6.45) is 4.60. The van der Waals surface area contributed by atoms with E-state index in [-0.39, 0.29) is 21.7 Å². The molecule has 1 radical (unpaired) electrons. The predicted octanol–water partition coefficient (Wildman–Crippen LogP) is 16.9. The van der Waals surface area contributed by atoms with Gasteiger partial charge < -0.3 is 14.8 Å². The SMILES string of the molecule is Cc1ccc(Nc2cc3c(cc2-c2cc(N(c4ccccc4)c4ccc5ccccc5c4)c4c5c6ccccc6ccc5n5c4c2[B]c2cc4c(cc2-5)C(C)(C)CCC4(C)C)C(C)(C)CCC3(C)C)cc1. The minimum atomic E-state index is -0.00506. The van der Waals surface area contributed by atoms with Crippen LogP contribution in [0.5, 0.6) is 0 Å². The van der Waals surface area contributed by atoms with Gasteiger partial charge in [0.05, 0.1) is 16.7 Å². The lowest BCUT2D eigenvalue weighted by molar-refractivity contribution is 0.332. The standard InChI is InChI=1S/C67H63BN3/c1-41-23-27-45(28-24-41)69-56-39-53-51(64(2,3)31-33-66(53,6)7)36-49(56)50-37-59(70(46-20-11-10-12-21-46)47-29-25-42-17-13-14-19-44(42)35-47)61-60-48-22-16-15-18-43(48)26-30-57(60)71-58-40-54-52(38-55(58)68-62(50)63(61)71)65(4,5)32-34-67(54,8)9/h10-30,35-40,69H,31-34H2,1-9H3. The number of rotatable bonds is 6. The summed E-state index contributed by atoms with van der Waals surface area (Å²) < 4.78 is 2.68. The van der Waals surface area contributed by atoms with Gasteiger partial charge in [-0.25, -0.2) is 0 Å². The van der Waals surface area contributed by atoms with Gasteiger partial charge in [-0.2, -0.15) is 0 Å². The maximum Gasteiger partial charge on any atom is 0.197 e. The van der Waals surface area contributed by atoms with Gasteiger partial charge in [-0.3, -0.25) is 0 Å². The number of nitrogens with one attached hydrogen (secondary N) is 1. The van der Waals surface area contributed by atoms with Crippen LogP contribution in [0.3, 0.4) is 0 Å². The number of anilines is 5. The van der Waals surface area contributed by atoms with Crippen LogP contribution in [0.25, 0.3) is 60.2 Å². The molecule has 13 rings (SSSR count). The largest absolute Gasteiger partial charge is 0.355 e. The summed E-state index contributed by atoms with van der Waals surface area (Å²) in [5.41, 5.74) is 21.6. The van der Waals surface area contributed by atoms with Gasteiger partial charge in [0.2, 0.25) is 0 Å². The van der Waals surface area contributed by atoms with E-state index < -0.39 is 0 Å². The molecular formula is C67H63BN3. The molecule has 9 aromatic carbocycles. The van der Waals surface area contributed by atoms with Crippen molar-refractivity contribution in [1.82, 2.24) is 4.57 Å². The molecule has 10 aromatic rings. The van der Waals surface area contributed by atoms with Crippen molar-refractivity contribution in [2.75, 3.05) is 10.2 Å². The van der Waals surface area contributed by atoms with Gasteiger partial charge in [0.1, 0.15) is 0 Å². The lowest BCUT2D eigenvalue weighted by atomic mass is 9.55. The van der Waals surface area contributed by atoms with Crippen LogP contribution in [0.2, 0.25) is 0 Å². The van der Waals surface area contributed by atoms with E-state index in [1.54, 1.807) is 0 Å². The molecule has 0 unspecified atom stereocenters. The van der Waals surface area contributed by atoms with Crippen LogP contribution in [-0.2, 0) is 21.7 Å². The van der Waals surface area contributed by atoms with E-state index in [0.717, 1.165) is 47.7 Å². The Kier molecular flexibility index (Phi) is 9.58. The maximum atomic E-state index is 4.07. The Balaban J connectivity index is 1.23. The van der Waals surface area contributed by atoms with Gasteiger partial charge in [0, 0.05) is 44.8 Å². The summed E-state index contributed by atoms with van der Waals surface area (Å²) >= 11 is 0. The van der Waals surface area contributed by atoms with Crippen molar-refractivity contribution in [1.29, 1.82) is 0 Å². The first-order chi connectivity index (χ1) is 34.1. The highest BCUT2D eigenvalue weighted by Crippen LogP contribution is 2.53. The number of para-hydroxylation sites is 1. The van der Waals surface area contributed by atoms with Gasteiger partial charge in [-0.05, 0) is 176 Å². The molecule has 2 aliphatic carbocycles. The summed E-state index contributed by atoms with van der Waals surface area (Å²) in [7, 11) is 2.57. The first-order valence-electron chi connectivity index (χ1n) is 26.0. The summed E-state index contributed by atoms with van der Waals surface area (Å²) in [4.78, 5) is 2.55. The lowest BCUT2D eigenvalue weighted by Gasteiger charge is -2.43. The zero-order valence-electron chi connectivity index (χ0n) is 42.9. The van der Waals surface area contributed by atoms with Gasteiger partial charge in [-0.15, -0.1) is 0 Å². The highest BCUT2D eigenvalue weighted by molar-refractivity contribution is 6.74. The van der Waals surface area contributed by atoms with Gasteiger partial charge in [0.25, 0.3) is 0 Å². The van der Waals surface area contributed by atoms with Crippen molar-refractivity contribution in [2.24, 2.45) is 0 Å². The van der Waals surface area contributed by atoms with Crippen molar-refractivity contribution in [3.8, 4) is 16.8 Å². The maximum absolute atomic E-state index is 4.07. The molecule has 4 heteroatoms. The molecule has 71 heavy (non-hydrogen) atoms. The topological polar surface area (TPSA) is 20.2 Å². The quantitative estimate of drug-likeness (QED) is 0.168. The molecule has 0 bridgehead atoms. The Bertz CT molecular complexity index is 3830. The van der Waals surface area contributed by atoms with E-state index in [1.807, 2.05) is 0 Å². The van der Waals surface area contributed by atoms with Crippen LogP contribution in [-0.4, -0.2) is 11.8 Å². The average molecular weight is 921 g/mol.